The van der Waals surface area contributed by atoms with Crippen molar-refractivity contribution in [2.45, 2.75) is 42.6 Å². The number of allylic oxidation sites excluding steroid dienone is 4. The Labute approximate surface area is 133 Å². The SMILES string of the molecule is CC/C=C\C/C=C\CC(SC)S(=O)(=O)c1ccc(C)cc1. The van der Waals surface area contributed by atoms with Gasteiger partial charge in [-0.3, -0.25) is 0 Å². The topological polar surface area (TPSA) is 34.1 Å². The summed E-state index contributed by atoms with van der Waals surface area (Å²) in [5.74, 6) is 0. The van der Waals surface area contributed by atoms with Crippen LogP contribution in [0.15, 0.2) is 53.5 Å². The quantitative estimate of drug-likeness (QED) is 0.647. The highest BCUT2D eigenvalue weighted by Crippen LogP contribution is 2.26. The Kier molecular flexibility index (Phi) is 7.83. The summed E-state index contributed by atoms with van der Waals surface area (Å²) in [5.41, 5.74) is 1.07. The van der Waals surface area contributed by atoms with Crippen LogP contribution in [0.25, 0.3) is 0 Å². The van der Waals surface area contributed by atoms with E-state index in [0.717, 1.165) is 18.4 Å². The van der Waals surface area contributed by atoms with Gasteiger partial charge in [0.15, 0.2) is 9.84 Å². The van der Waals surface area contributed by atoms with Crippen LogP contribution >= 0.6 is 11.8 Å². The highest BCUT2D eigenvalue weighted by Gasteiger charge is 2.25. The zero-order valence-corrected chi connectivity index (χ0v) is 14.6. The summed E-state index contributed by atoms with van der Waals surface area (Å²) in [5, 5.41) is 0. The first-order valence-corrected chi connectivity index (χ1v) is 9.99. The molecule has 21 heavy (non-hydrogen) atoms. The molecule has 0 N–H and O–H groups in total. The predicted octanol–water partition coefficient (Wildman–Crippen LogP) is 4.76. The molecule has 0 aromatic heterocycles. The van der Waals surface area contributed by atoms with E-state index >= 15 is 0 Å². The number of aryl methyl sites for hydroxylation is 1. The van der Waals surface area contributed by atoms with Crippen molar-refractivity contribution < 1.29 is 8.42 Å². The lowest BCUT2D eigenvalue weighted by Gasteiger charge is -2.13. The van der Waals surface area contributed by atoms with Gasteiger partial charge in [-0.1, -0.05) is 48.9 Å². The normalized spacial score (nSPS) is 14.0. The first-order chi connectivity index (χ1) is 10.0. The van der Waals surface area contributed by atoms with Crippen molar-refractivity contribution in [3.05, 3.63) is 54.1 Å². The molecule has 1 rings (SSSR count). The second-order valence-electron chi connectivity index (χ2n) is 4.85. The summed E-state index contributed by atoms with van der Waals surface area (Å²) in [4.78, 5) is 0.409. The second-order valence-corrected chi connectivity index (χ2v) is 8.32. The van der Waals surface area contributed by atoms with Crippen LogP contribution in [0.4, 0.5) is 0 Å². The summed E-state index contributed by atoms with van der Waals surface area (Å²) in [6.07, 6.45) is 12.5. The Balaban J connectivity index is 2.74. The summed E-state index contributed by atoms with van der Waals surface area (Å²) < 4.78 is 24.7. The first kappa shape index (κ1) is 18.1. The molecule has 1 aromatic rings. The lowest BCUT2D eigenvalue weighted by atomic mass is 10.2. The van der Waals surface area contributed by atoms with Crippen LogP contribution in [-0.2, 0) is 9.84 Å². The maximum atomic E-state index is 12.6. The molecule has 0 amide bonds. The number of thioether (sulfide) groups is 1. The summed E-state index contributed by atoms with van der Waals surface area (Å²) >= 11 is 1.39. The first-order valence-electron chi connectivity index (χ1n) is 7.15. The van der Waals surface area contributed by atoms with E-state index in [1.54, 1.807) is 12.1 Å². The van der Waals surface area contributed by atoms with Gasteiger partial charge in [0.25, 0.3) is 0 Å². The van der Waals surface area contributed by atoms with Gasteiger partial charge in [0.2, 0.25) is 0 Å². The number of hydrogen-bond acceptors (Lipinski definition) is 3. The third-order valence-corrected chi connectivity index (χ3v) is 7.00. The Morgan fingerprint density at radius 3 is 2.29 bits per heavy atom. The predicted molar refractivity (Wildman–Crippen MR) is 93.5 cm³/mol. The molecular weight excluding hydrogens is 300 g/mol. The number of sulfone groups is 1. The number of hydrogen-bond donors (Lipinski definition) is 0. The minimum atomic E-state index is -3.27. The number of rotatable bonds is 8. The molecule has 0 fully saturated rings. The smallest absolute Gasteiger partial charge is 0.190 e. The van der Waals surface area contributed by atoms with Crippen molar-refractivity contribution in [2.24, 2.45) is 0 Å². The van der Waals surface area contributed by atoms with Gasteiger partial charge in [0.1, 0.15) is 4.58 Å². The molecule has 0 aliphatic rings. The van der Waals surface area contributed by atoms with E-state index in [2.05, 4.69) is 19.1 Å². The molecule has 1 atom stereocenters. The number of benzene rings is 1. The van der Waals surface area contributed by atoms with E-state index in [-0.39, 0.29) is 0 Å². The van der Waals surface area contributed by atoms with Gasteiger partial charge < -0.3 is 0 Å². The van der Waals surface area contributed by atoms with Crippen molar-refractivity contribution in [1.29, 1.82) is 0 Å². The second kappa shape index (κ2) is 9.11. The molecule has 0 saturated carbocycles. The molecule has 2 nitrogen and oxygen atoms in total. The highest BCUT2D eigenvalue weighted by atomic mass is 32.3. The van der Waals surface area contributed by atoms with Gasteiger partial charge in [0.05, 0.1) is 4.90 Å². The van der Waals surface area contributed by atoms with Crippen molar-refractivity contribution in [3.63, 3.8) is 0 Å². The van der Waals surface area contributed by atoms with Crippen molar-refractivity contribution >= 4 is 21.6 Å². The molecule has 0 spiro atoms. The highest BCUT2D eigenvalue weighted by molar-refractivity contribution is 8.13. The molecular formula is C17H24O2S2. The summed E-state index contributed by atoms with van der Waals surface area (Å²) in [6.45, 7) is 4.05. The average molecular weight is 325 g/mol. The van der Waals surface area contributed by atoms with E-state index in [1.165, 1.54) is 11.8 Å². The molecule has 1 aromatic carbocycles. The van der Waals surface area contributed by atoms with Crippen LogP contribution < -0.4 is 0 Å². The molecule has 0 aliphatic carbocycles. The molecule has 0 aliphatic heterocycles. The maximum Gasteiger partial charge on any atom is 0.190 e. The maximum absolute atomic E-state index is 12.6. The molecule has 0 saturated heterocycles. The van der Waals surface area contributed by atoms with E-state index in [4.69, 9.17) is 0 Å². The molecule has 116 valence electrons. The molecule has 0 radical (unpaired) electrons. The van der Waals surface area contributed by atoms with Crippen LogP contribution in [0, 0.1) is 6.92 Å². The minimum Gasteiger partial charge on any atom is -0.223 e. The van der Waals surface area contributed by atoms with Crippen molar-refractivity contribution in [3.8, 4) is 0 Å². The fourth-order valence-corrected chi connectivity index (χ4v) is 4.71. The average Bonchev–Trinajstić information content (AvgIpc) is 2.46. The van der Waals surface area contributed by atoms with Crippen LogP contribution in [0.5, 0.6) is 0 Å². The van der Waals surface area contributed by atoms with Crippen LogP contribution in [0.1, 0.15) is 31.7 Å². The molecule has 0 bridgehead atoms. The van der Waals surface area contributed by atoms with Gasteiger partial charge in [-0.2, -0.15) is 0 Å². The Morgan fingerprint density at radius 2 is 1.71 bits per heavy atom. The summed E-state index contributed by atoms with van der Waals surface area (Å²) in [7, 11) is -3.27. The summed E-state index contributed by atoms with van der Waals surface area (Å²) in [6, 6.07) is 7.08. The van der Waals surface area contributed by atoms with E-state index in [1.807, 2.05) is 37.5 Å². The van der Waals surface area contributed by atoms with Crippen LogP contribution in [0.3, 0.4) is 0 Å². The van der Waals surface area contributed by atoms with Gasteiger partial charge in [-0.25, -0.2) is 8.42 Å². The fraction of sp³-hybridized carbons (Fsp3) is 0.412. The standard InChI is InChI=1S/C17H24O2S2/c1-4-5-6-7-8-9-10-17(20-3)21(18,19)16-13-11-15(2)12-14-16/h5-6,8-9,11-14,17H,4,7,10H2,1-3H3/b6-5-,9-8-. The fourth-order valence-electron chi connectivity index (χ4n) is 1.87. The van der Waals surface area contributed by atoms with Gasteiger partial charge >= 0.3 is 0 Å². The molecule has 4 heteroatoms. The lowest BCUT2D eigenvalue weighted by Crippen LogP contribution is -2.17. The third-order valence-electron chi connectivity index (χ3n) is 3.13. The Hall–Kier alpha value is -1.00. The zero-order valence-electron chi connectivity index (χ0n) is 13.0. The van der Waals surface area contributed by atoms with Crippen LogP contribution in [-0.4, -0.2) is 19.3 Å². The lowest BCUT2D eigenvalue weighted by molar-refractivity contribution is 0.593. The van der Waals surface area contributed by atoms with Gasteiger partial charge in [0, 0.05) is 0 Å². The molecule has 0 heterocycles. The van der Waals surface area contributed by atoms with E-state index in [0.29, 0.717) is 11.3 Å². The largest absolute Gasteiger partial charge is 0.223 e. The van der Waals surface area contributed by atoms with Crippen LogP contribution in [0.2, 0.25) is 0 Å². The Bertz CT molecular complexity index is 569. The van der Waals surface area contributed by atoms with E-state index in [9.17, 15) is 8.42 Å². The van der Waals surface area contributed by atoms with E-state index < -0.39 is 14.4 Å². The monoisotopic (exact) mass is 324 g/mol. The van der Waals surface area contributed by atoms with Gasteiger partial charge in [-0.15, -0.1) is 11.8 Å². The minimum absolute atomic E-state index is 0.409. The third kappa shape index (κ3) is 5.71. The Morgan fingerprint density at radius 1 is 1.10 bits per heavy atom. The van der Waals surface area contributed by atoms with Crippen molar-refractivity contribution in [2.75, 3.05) is 6.26 Å². The molecule has 1 unspecified atom stereocenters. The zero-order chi connectivity index (χ0) is 15.7. The van der Waals surface area contributed by atoms with Crippen molar-refractivity contribution in [1.82, 2.24) is 0 Å². The van der Waals surface area contributed by atoms with Gasteiger partial charge in [-0.05, 0) is 44.6 Å².